The third-order valence-corrected chi connectivity index (χ3v) is 3.58. The number of carboxylic acids is 1. The van der Waals surface area contributed by atoms with Crippen LogP contribution < -0.4 is 4.74 Å². The maximum Gasteiger partial charge on any atom is 0.317 e. The largest absolute Gasteiger partial charge is 0.490 e. The molecule has 2 rings (SSSR count). The van der Waals surface area contributed by atoms with Gasteiger partial charge >= 0.3 is 5.97 Å². The van der Waals surface area contributed by atoms with Gasteiger partial charge in [-0.05, 0) is 37.9 Å². The Kier molecular flexibility index (Phi) is 4.62. The van der Waals surface area contributed by atoms with E-state index in [1.165, 1.54) is 0 Å². The molecule has 1 saturated heterocycles. The van der Waals surface area contributed by atoms with Crippen molar-refractivity contribution in [3.63, 3.8) is 0 Å². The first kappa shape index (κ1) is 14.8. The number of carboxylic acid groups (broad SMARTS) is 1. The van der Waals surface area contributed by atoms with Crippen LogP contribution in [0.2, 0.25) is 0 Å². The number of carbonyl (C=O) groups is 1. The van der Waals surface area contributed by atoms with Gasteiger partial charge in [0, 0.05) is 6.54 Å². The Bertz CT molecular complexity index is 477. The third kappa shape index (κ3) is 3.95. The second kappa shape index (κ2) is 6.24. The van der Waals surface area contributed by atoms with Crippen molar-refractivity contribution >= 4 is 5.97 Å². The smallest absolute Gasteiger partial charge is 0.317 e. The molecular formula is C15H21NO4. The minimum atomic E-state index is -0.976. The minimum absolute atomic E-state index is 0.0350. The Labute approximate surface area is 118 Å². The quantitative estimate of drug-likeness (QED) is 0.850. The number of likely N-dealkylation sites (tertiary alicyclic amines) is 1. The van der Waals surface area contributed by atoms with Gasteiger partial charge in [-0.1, -0.05) is 18.2 Å². The molecule has 0 bridgehead atoms. The van der Waals surface area contributed by atoms with Crippen LogP contribution in [0.3, 0.4) is 0 Å². The number of aliphatic hydroxyl groups is 1. The monoisotopic (exact) mass is 279 g/mol. The van der Waals surface area contributed by atoms with E-state index in [2.05, 4.69) is 0 Å². The van der Waals surface area contributed by atoms with Crippen molar-refractivity contribution in [3.8, 4) is 5.75 Å². The molecule has 1 unspecified atom stereocenters. The maximum absolute atomic E-state index is 10.7. The fraction of sp³-hybridized carbons (Fsp3) is 0.533. The Hall–Kier alpha value is -1.59. The number of aliphatic carboxylic acids is 1. The van der Waals surface area contributed by atoms with Crippen molar-refractivity contribution in [2.75, 3.05) is 26.2 Å². The number of piperidine rings is 1. The van der Waals surface area contributed by atoms with E-state index >= 15 is 0 Å². The molecule has 0 radical (unpaired) electrons. The predicted octanol–water partition coefficient (Wildman–Crippen LogP) is 1.29. The van der Waals surface area contributed by atoms with Crippen LogP contribution in [-0.2, 0) is 4.79 Å². The highest BCUT2D eigenvalue weighted by atomic mass is 16.5. The number of hydrogen-bond acceptors (Lipinski definition) is 4. The summed E-state index contributed by atoms with van der Waals surface area (Å²) in [4.78, 5) is 12.5. The molecule has 0 spiro atoms. The number of aryl methyl sites for hydroxylation is 1. The molecule has 0 aromatic heterocycles. The molecule has 1 aliphatic rings. The Morgan fingerprint density at radius 3 is 2.90 bits per heavy atom. The molecule has 20 heavy (non-hydrogen) atoms. The average molecular weight is 279 g/mol. The van der Waals surface area contributed by atoms with E-state index in [1.54, 1.807) is 4.90 Å². The predicted molar refractivity (Wildman–Crippen MR) is 74.9 cm³/mol. The number of nitrogens with zero attached hydrogens (tertiary/aromatic N) is 1. The van der Waals surface area contributed by atoms with Crippen molar-refractivity contribution in [2.24, 2.45) is 0 Å². The summed E-state index contributed by atoms with van der Waals surface area (Å²) in [5.74, 6) is -0.106. The summed E-state index contributed by atoms with van der Waals surface area (Å²) in [6.45, 7) is 3.15. The van der Waals surface area contributed by atoms with E-state index < -0.39 is 11.6 Å². The van der Waals surface area contributed by atoms with Gasteiger partial charge in [0.05, 0.1) is 6.54 Å². The van der Waals surface area contributed by atoms with Crippen LogP contribution in [0.4, 0.5) is 0 Å². The lowest BCUT2D eigenvalue weighted by atomic mass is 9.93. The van der Waals surface area contributed by atoms with Gasteiger partial charge in [-0.25, -0.2) is 0 Å². The molecule has 5 nitrogen and oxygen atoms in total. The SMILES string of the molecule is Cc1ccccc1OCC1(O)CCCN(CC(=O)O)C1. The van der Waals surface area contributed by atoms with Gasteiger partial charge in [-0.2, -0.15) is 0 Å². The number of para-hydroxylation sites is 1. The molecule has 1 atom stereocenters. The number of rotatable bonds is 5. The lowest BCUT2D eigenvalue weighted by Gasteiger charge is -2.38. The normalized spacial score (nSPS) is 23.5. The number of β-amino-alcohol motifs (C(OH)–C–C–N with tert-alkyl or cyclic N) is 1. The molecule has 1 heterocycles. The first-order valence-corrected chi connectivity index (χ1v) is 6.83. The summed E-state index contributed by atoms with van der Waals surface area (Å²) in [5, 5.41) is 19.4. The number of benzene rings is 1. The van der Waals surface area contributed by atoms with Gasteiger partial charge in [-0.15, -0.1) is 0 Å². The van der Waals surface area contributed by atoms with Crippen LogP contribution in [0, 0.1) is 6.92 Å². The summed E-state index contributed by atoms with van der Waals surface area (Å²) in [6.07, 6.45) is 1.41. The molecular weight excluding hydrogens is 258 g/mol. The maximum atomic E-state index is 10.7. The Morgan fingerprint density at radius 2 is 2.20 bits per heavy atom. The van der Waals surface area contributed by atoms with Crippen molar-refractivity contribution in [1.82, 2.24) is 4.90 Å². The lowest BCUT2D eigenvalue weighted by molar-refractivity contribution is -0.140. The van der Waals surface area contributed by atoms with Gasteiger partial charge in [0.2, 0.25) is 0 Å². The summed E-state index contributed by atoms with van der Waals surface area (Å²) < 4.78 is 5.71. The van der Waals surface area contributed by atoms with Gasteiger partial charge in [0.1, 0.15) is 18.0 Å². The highest BCUT2D eigenvalue weighted by Gasteiger charge is 2.34. The van der Waals surface area contributed by atoms with Crippen molar-refractivity contribution in [3.05, 3.63) is 29.8 Å². The Balaban J connectivity index is 1.93. The fourth-order valence-corrected chi connectivity index (χ4v) is 2.58. The van der Waals surface area contributed by atoms with E-state index in [0.29, 0.717) is 19.5 Å². The molecule has 110 valence electrons. The zero-order chi connectivity index (χ0) is 14.6. The molecule has 1 aliphatic heterocycles. The molecule has 2 N–H and O–H groups in total. The zero-order valence-electron chi connectivity index (χ0n) is 11.7. The molecule has 0 amide bonds. The van der Waals surface area contributed by atoms with Gasteiger partial charge in [-0.3, -0.25) is 9.69 Å². The Morgan fingerprint density at radius 1 is 1.45 bits per heavy atom. The topological polar surface area (TPSA) is 70.0 Å². The van der Waals surface area contributed by atoms with Crippen molar-refractivity contribution in [2.45, 2.75) is 25.4 Å². The van der Waals surface area contributed by atoms with E-state index in [1.807, 2.05) is 31.2 Å². The minimum Gasteiger partial charge on any atom is -0.490 e. The highest BCUT2D eigenvalue weighted by molar-refractivity contribution is 5.69. The number of hydrogen-bond donors (Lipinski definition) is 2. The summed E-state index contributed by atoms with van der Waals surface area (Å²) in [7, 11) is 0. The first-order chi connectivity index (χ1) is 9.48. The van der Waals surface area contributed by atoms with Gasteiger partial charge in [0.25, 0.3) is 0 Å². The second-order valence-corrected chi connectivity index (χ2v) is 5.49. The van der Waals surface area contributed by atoms with Gasteiger partial charge < -0.3 is 14.9 Å². The van der Waals surface area contributed by atoms with Crippen LogP contribution in [-0.4, -0.2) is 52.9 Å². The van der Waals surface area contributed by atoms with Crippen LogP contribution in [0.5, 0.6) is 5.75 Å². The molecule has 5 heteroatoms. The third-order valence-electron chi connectivity index (χ3n) is 3.58. The van der Waals surface area contributed by atoms with Crippen LogP contribution >= 0.6 is 0 Å². The molecule has 1 aromatic carbocycles. The summed E-state index contributed by atoms with van der Waals surface area (Å²) >= 11 is 0. The summed E-state index contributed by atoms with van der Waals surface area (Å²) in [5.41, 5.74) is 0.0463. The van der Waals surface area contributed by atoms with E-state index in [0.717, 1.165) is 17.7 Å². The molecule has 0 saturated carbocycles. The van der Waals surface area contributed by atoms with Crippen LogP contribution in [0.25, 0.3) is 0 Å². The van der Waals surface area contributed by atoms with E-state index in [9.17, 15) is 9.90 Å². The zero-order valence-corrected chi connectivity index (χ0v) is 11.7. The average Bonchev–Trinajstić information content (AvgIpc) is 2.37. The van der Waals surface area contributed by atoms with Crippen LogP contribution in [0.15, 0.2) is 24.3 Å². The fourth-order valence-electron chi connectivity index (χ4n) is 2.58. The lowest BCUT2D eigenvalue weighted by Crippen LogP contribution is -2.52. The molecule has 0 aliphatic carbocycles. The highest BCUT2D eigenvalue weighted by Crippen LogP contribution is 2.24. The van der Waals surface area contributed by atoms with Crippen LogP contribution in [0.1, 0.15) is 18.4 Å². The first-order valence-electron chi connectivity index (χ1n) is 6.83. The molecule has 1 aromatic rings. The van der Waals surface area contributed by atoms with Gasteiger partial charge in [0.15, 0.2) is 0 Å². The van der Waals surface area contributed by atoms with Crippen molar-refractivity contribution in [1.29, 1.82) is 0 Å². The standard InChI is InChI=1S/C15H21NO4/c1-12-5-2-3-6-13(12)20-11-15(19)7-4-8-16(10-15)9-14(17)18/h2-3,5-6,19H,4,7-11H2,1H3,(H,17,18). The van der Waals surface area contributed by atoms with E-state index in [4.69, 9.17) is 9.84 Å². The summed E-state index contributed by atoms with van der Waals surface area (Å²) in [6, 6.07) is 7.66. The van der Waals surface area contributed by atoms with Crippen molar-refractivity contribution < 1.29 is 19.7 Å². The number of ether oxygens (including phenoxy) is 1. The second-order valence-electron chi connectivity index (χ2n) is 5.49. The molecule has 1 fully saturated rings. The van der Waals surface area contributed by atoms with E-state index in [-0.39, 0.29) is 13.2 Å².